The van der Waals surface area contributed by atoms with E-state index < -0.39 is 33.2 Å². The Labute approximate surface area is 190 Å². The van der Waals surface area contributed by atoms with Crippen LogP contribution in [-0.2, 0) is 21.3 Å². The van der Waals surface area contributed by atoms with E-state index in [4.69, 9.17) is 11.6 Å². The number of rotatable bonds is 8. The van der Waals surface area contributed by atoms with Crippen LogP contribution in [0.15, 0.2) is 36.5 Å². The van der Waals surface area contributed by atoms with E-state index in [1.165, 1.54) is 37.6 Å². The second-order valence-corrected chi connectivity index (χ2v) is 9.89. The highest BCUT2D eigenvalue weighted by atomic mass is 35.5. The van der Waals surface area contributed by atoms with E-state index in [2.05, 4.69) is 14.4 Å². The molecule has 11 heteroatoms. The van der Waals surface area contributed by atoms with Gasteiger partial charge in [-0.25, -0.2) is 26.7 Å². The van der Waals surface area contributed by atoms with Gasteiger partial charge in [-0.05, 0) is 42.7 Å². The van der Waals surface area contributed by atoms with Crippen LogP contribution in [-0.4, -0.2) is 57.2 Å². The van der Waals surface area contributed by atoms with Crippen LogP contribution in [0.2, 0.25) is 5.02 Å². The first-order chi connectivity index (χ1) is 15.2. The monoisotopic (exact) mass is 487 g/mol. The average molecular weight is 488 g/mol. The summed E-state index contributed by atoms with van der Waals surface area (Å²) >= 11 is 5.89. The number of nitrogens with zero attached hydrogens (tertiary/aromatic N) is 2. The first kappa shape index (κ1) is 24.5. The third-order valence-corrected chi connectivity index (χ3v) is 7.34. The number of hydrogen-bond acceptors (Lipinski definition) is 6. The molecular weight excluding hydrogens is 464 g/mol. The molecule has 0 aliphatic carbocycles. The molecule has 1 aromatic carbocycles. The van der Waals surface area contributed by atoms with Gasteiger partial charge >= 0.3 is 5.97 Å². The molecule has 1 saturated heterocycles. The number of likely N-dealkylation sites (tertiary alicyclic amines) is 1. The van der Waals surface area contributed by atoms with Crippen LogP contribution in [0, 0.1) is 5.82 Å². The van der Waals surface area contributed by atoms with Crippen molar-refractivity contribution in [3.05, 3.63) is 64.2 Å². The van der Waals surface area contributed by atoms with Gasteiger partial charge in [0, 0.05) is 25.8 Å². The Bertz CT molecular complexity index is 1050. The zero-order valence-electron chi connectivity index (χ0n) is 17.4. The van der Waals surface area contributed by atoms with Crippen LogP contribution in [0.25, 0.3) is 0 Å². The topological polar surface area (TPSA) is 88.6 Å². The van der Waals surface area contributed by atoms with Crippen molar-refractivity contribution < 1.29 is 26.7 Å². The number of ether oxygens (including phenoxy) is 1. The molecule has 1 aliphatic heterocycles. The quantitative estimate of drug-likeness (QED) is 0.575. The highest BCUT2D eigenvalue weighted by Gasteiger charge is 2.31. The van der Waals surface area contributed by atoms with Crippen LogP contribution >= 0.6 is 11.6 Å². The van der Waals surface area contributed by atoms with Crippen LogP contribution in [0.1, 0.15) is 39.7 Å². The molecule has 0 amide bonds. The van der Waals surface area contributed by atoms with Gasteiger partial charge in [-0.1, -0.05) is 17.7 Å². The van der Waals surface area contributed by atoms with Crippen molar-refractivity contribution in [1.82, 2.24) is 14.6 Å². The summed E-state index contributed by atoms with van der Waals surface area (Å²) in [5, 5.41) is -1.23. The number of piperidine rings is 1. The number of hydrogen-bond donors (Lipinski definition) is 1. The number of pyridine rings is 1. The van der Waals surface area contributed by atoms with Crippen molar-refractivity contribution >= 4 is 27.6 Å². The van der Waals surface area contributed by atoms with Crippen LogP contribution in [0.3, 0.4) is 0 Å². The first-order valence-electron chi connectivity index (χ1n) is 10.0. The standard InChI is InChI=1S/C21H24ClF2N3O4S/c1-31-21(28)15-2-4-17(25-11-15)12-26-32(29,30)20(13-27-8-6-16(23)7-9-27)14-3-5-19(24)18(22)10-14/h2-5,10-11,16,20,26H,6-9,12-13H2,1H3. The van der Waals surface area contributed by atoms with Gasteiger partial charge in [0.25, 0.3) is 0 Å². The fraction of sp³-hybridized carbons (Fsp3) is 0.429. The Morgan fingerprint density at radius 2 is 2.03 bits per heavy atom. The van der Waals surface area contributed by atoms with Crippen molar-refractivity contribution in [3.63, 3.8) is 0 Å². The number of benzene rings is 1. The van der Waals surface area contributed by atoms with Gasteiger partial charge < -0.3 is 9.64 Å². The maximum absolute atomic E-state index is 13.7. The van der Waals surface area contributed by atoms with Gasteiger partial charge in [-0.15, -0.1) is 0 Å². The van der Waals surface area contributed by atoms with Crippen molar-refractivity contribution in [2.45, 2.75) is 30.8 Å². The van der Waals surface area contributed by atoms with Gasteiger partial charge in [0.05, 0.1) is 29.9 Å². The molecule has 0 bridgehead atoms. The molecule has 0 saturated carbocycles. The Hall–Kier alpha value is -2.14. The Morgan fingerprint density at radius 1 is 1.31 bits per heavy atom. The molecule has 3 rings (SSSR count). The largest absolute Gasteiger partial charge is 0.465 e. The van der Waals surface area contributed by atoms with Gasteiger partial charge in [-0.3, -0.25) is 4.98 Å². The van der Waals surface area contributed by atoms with Crippen molar-refractivity contribution in [2.24, 2.45) is 0 Å². The Morgan fingerprint density at radius 3 is 2.62 bits per heavy atom. The highest BCUT2D eigenvalue weighted by Crippen LogP contribution is 2.28. The summed E-state index contributed by atoms with van der Waals surface area (Å²) in [5.41, 5.74) is 0.977. The number of nitrogens with one attached hydrogen (secondary N) is 1. The number of halogens is 3. The number of carbonyl (C=O) groups excluding carboxylic acids is 1. The number of sulfonamides is 1. The number of esters is 1. The summed E-state index contributed by atoms with van der Waals surface area (Å²) in [7, 11) is -2.69. The second kappa shape index (κ2) is 10.7. The lowest BCUT2D eigenvalue weighted by molar-refractivity contribution is 0.0600. The van der Waals surface area contributed by atoms with Crippen molar-refractivity contribution in [1.29, 1.82) is 0 Å². The number of alkyl halides is 1. The predicted octanol–water partition coefficient (Wildman–Crippen LogP) is 3.26. The third kappa shape index (κ3) is 6.22. The summed E-state index contributed by atoms with van der Waals surface area (Å²) in [4.78, 5) is 17.5. The molecule has 1 N–H and O–H groups in total. The zero-order valence-corrected chi connectivity index (χ0v) is 19.0. The minimum absolute atomic E-state index is 0.109. The SMILES string of the molecule is COC(=O)c1ccc(CNS(=O)(=O)C(CN2CCC(F)CC2)c2ccc(F)c(Cl)c2)nc1. The molecule has 32 heavy (non-hydrogen) atoms. The predicted molar refractivity (Wildman–Crippen MR) is 116 cm³/mol. The molecule has 0 radical (unpaired) electrons. The van der Waals surface area contributed by atoms with Crippen molar-refractivity contribution in [2.75, 3.05) is 26.7 Å². The third-order valence-electron chi connectivity index (χ3n) is 5.33. The minimum atomic E-state index is -3.95. The molecule has 1 atom stereocenters. The van der Waals surface area contributed by atoms with E-state index in [0.717, 1.165) is 6.07 Å². The van der Waals surface area contributed by atoms with Crippen LogP contribution < -0.4 is 4.72 Å². The normalized spacial score (nSPS) is 16.6. The van der Waals surface area contributed by atoms with Crippen LogP contribution in [0.4, 0.5) is 8.78 Å². The fourth-order valence-electron chi connectivity index (χ4n) is 3.46. The summed E-state index contributed by atoms with van der Waals surface area (Å²) < 4.78 is 60.7. The van der Waals surface area contributed by atoms with Gasteiger partial charge in [-0.2, -0.15) is 0 Å². The minimum Gasteiger partial charge on any atom is -0.465 e. The second-order valence-electron chi connectivity index (χ2n) is 7.53. The van der Waals surface area contributed by atoms with Crippen molar-refractivity contribution in [3.8, 4) is 0 Å². The highest BCUT2D eigenvalue weighted by molar-refractivity contribution is 7.89. The van der Waals surface area contributed by atoms with Gasteiger partial charge in [0.15, 0.2) is 0 Å². The lowest BCUT2D eigenvalue weighted by Gasteiger charge is -2.32. The molecular formula is C21H24ClF2N3O4S. The number of methoxy groups -OCH3 is 1. The molecule has 0 spiro atoms. The van der Waals surface area contributed by atoms with Gasteiger partial charge in [0.1, 0.15) is 17.2 Å². The van der Waals surface area contributed by atoms with E-state index in [0.29, 0.717) is 37.2 Å². The zero-order chi connectivity index (χ0) is 23.3. The van der Waals surface area contributed by atoms with Crippen LogP contribution in [0.5, 0.6) is 0 Å². The average Bonchev–Trinajstić information content (AvgIpc) is 2.79. The molecule has 1 unspecified atom stereocenters. The fourth-order valence-corrected chi connectivity index (χ4v) is 5.11. The molecule has 7 nitrogen and oxygen atoms in total. The van der Waals surface area contributed by atoms with Gasteiger partial charge in [0.2, 0.25) is 10.0 Å². The molecule has 2 aromatic rings. The number of carbonyl (C=O) groups is 1. The summed E-state index contributed by atoms with van der Waals surface area (Å²) in [6, 6.07) is 6.81. The van der Waals surface area contributed by atoms with E-state index in [1.54, 1.807) is 0 Å². The molecule has 1 fully saturated rings. The maximum Gasteiger partial charge on any atom is 0.339 e. The Kier molecular flexibility index (Phi) is 8.16. The summed E-state index contributed by atoms with van der Waals surface area (Å²) in [6.07, 6.45) is 1.08. The number of aromatic nitrogens is 1. The molecule has 1 aromatic heterocycles. The maximum atomic E-state index is 13.7. The Balaban J connectivity index is 1.78. The summed E-state index contributed by atoms with van der Waals surface area (Å²) in [6.45, 7) is 0.859. The smallest absolute Gasteiger partial charge is 0.339 e. The van der Waals surface area contributed by atoms with E-state index >= 15 is 0 Å². The van der Waals surface area contributed by atoms with E-state index in [9.17, 15) is 22.0 Å². The lowest BCUT2D eigenvalue weighted by atomic mass is 10.1. The first-order valence-corrected chi connectivity index (χ1v) is 11.9. The molecule has 2 heterocycles. The summed E-state index contributed by atoms with van der Waals surface area (Å²) in [5.74, 6) is -1.19. The van der Waals surface area contributed by atoms with E-state index in [1.807, 2.05) is 4.90 Å². The van der Waals surface area contributed by atoms with E-state index in [-0.39, 0.29) is 23.7 Å². The molecule has 1 aliphatic rings. The molecule has 174 valence electrons. The lowest BCUT2D eigenvalue weighted by Crippen LogP contribution is -2.41.